The Morgan fingerprint density at radius 1 is 1.11 bits per heavy atom. The number of benzene rings is 2. The van der Waals surface area contributed by atoms with Crippen LogP contribution >= 0.6 is 0 Å². The first kappa shape index (κ1) is 18.7. The topological polar surface area (TPSA) is 88.7 Å². The van der Waals surface area contributed by atoms with Gasteiger partial charge in [-0.05, 0) is 42.7 Å². The van der Waals surface area contributed by atoms with E-state index in [1.165, 1.54) is 0 Å². The van der Waals surface area contributed by atoms with Crippen LogP contribution in [-0.2, 0) is 16.1 Å². The maximum Gasteiger partial charge on any atom is 0.319 e. The third-order valence-electron chi connectivity index (χ3n) is 4.20. The molecule has 1 fully saturated rings. The number of anilines is 2. The molecular weight excluding hydrogens is 346 g/mol. The van der Waals surface area contributed by atoms with E-state index in [9.17, 15) is 9.59 Å². The second-order valence-electron chi connectivity index (χ2n) is 6.23. The molecule has 2 aromatic rings. The number of amides is 3. The Hall–Kier alpha value is -3.06. The monoisotopic (exact) mass is 369 g/mol. The fraction of sp³-hybridized carbons (Fsp3) is 0.300. The predicted octanol–water partition coefficient (Wildman–Crippen LogP) is 3.13. The van der Waals surface area contributed by atoms with Gasteiger partial charge in [0.2, 0.25) is 0 Å². The quantitative estimate of drug-likeness (QED) is 0.730. The maximum atomic E-state index is 12.1. The summed E-state index contributed by atoms with van der Waals surface area (Å²) in [6, 6.07) is 14.2. The minimum absolute atomic E-state index is 0.131. The Bertz CT molecular complexity index is 803. The molecular formula is C20H23N3O4. The van der Waals surface area contributed by atoms with Crippen molar-refractivity contribution in [3.63, 3.8) is 0 Å². The van der Waals surface area contributed by atoms with E-state index in [2.05, 4.69) is 16.0 Å². The molecule has 7 heteroatoms. The zero-order valence-corrected chi connectivity index (χ0v) is 15.2. The number of urea groups is 1. The van der Waals surface area contributed by atoms with Crippen molar-refractivity contribution in [2.45, 2.75) is 25.5 Å². The van der Waals surface area contributed by atoms with E-state index >= 15 is 0 Å². The smallest absolute Gasteiger partial charge is 0.319 e. The van der Waals surface area contributed by atoms with Crippen molar-refractivity contribution in [1.29, 1.82) is 0 Å². The van der Waals surface area contributed by atoms with Gasteiger partial charge in [-0.1, -0.05) is 18.2 Å². The molecule has 0 radical (unpaired) electrons. The summed E-state index contributed by atoms with van der Waals surface area (Å²) < 4.78 is 10.5. The summed E-state index contributed by atoms with van der Waals surface area (Å²) in [4.78, 5) is 24.2. The summed E-state index contributed by atoms with van der Waals surface area (Å²) in [7, 11) is 1.57. The fourth-order valence-corrected chi connectivity index (χ4v) is 2.82. The lowest BCUT2D eigenvalue weighted by Gasteiger charge is -2.12. The van der Waals surface area contributed by atoms with Gasteiger partial charge in [0.05, 0.1) is 7.11 Å². The molecule has 1 aliphatic rings. The normalized spacial score (nSPS) is 15.8. The molecule has 27 heavy (non-hydrogen) atoms. The summed E-state index contributed by atoms with van der Waals surface area (Å²) in [5.74, 6) is 0.538. The van der Waals surface area contributed by atoms with Gasteiger partial charge in [0.1, 0.15) is 11.9 Å². The Balaban J connectivity index is 1.51. The molecule has 1 saturated heterocycles. The average molecular weight is 369 g/mol. The first-order valence-electron chi connectivity index (χ1n) is 8.84. The zero-order chi connectivity index (χ0) is 19.1. The van der Waals surface area contributed by atoms with Crippen LogP contribution in [0.1, 0.15) is 18.4 Å². The molecule has 3 N–H and O–H groups in total. The third kappa shape index (κ3) is 5.46. The van der Waals surface area contributed by atoms with Crippen molar-refractivity contribution >= 4 is 23.3 Å². The van der Waals surface area contributed by atoms with Gasteiger partial charge in [-0.3, -0.25) is 4.79 Å². The van der Waals surface area contributed by atoms with Gasteiger partial charge in [0.15, 0.2) is 0 Å². The number of rotatable bonds is 6. The van der Waals surface area contributed by atoms with Gasteiger partial charge < -0.3 is 25.4 Å². The summed E-state index contributed by atoms with van der Waals surface area (Å²) >= 11 is 0. The van der Waals surface area contributed by atoms with Crippen LogP contribution in [0.25, 0.3) is 0 Å². The van der Waals surface area contributed by atoms with E-state index in [1.807, 2.05) is 24.3 Å². The molecule has 142 valence electrons. The Morgan fingerprint density at radius 2 is 1.89 bits per heavy atom. The van der Waals surface area contributed by atoms with Crippen LogP contribution in [0.5, 0.6) is 5.75 Å². The fourth-order valence-electron chi connectivity index (χ4n) is 2.82. The van der Waals surface area contributed by atoms with Crippen molar-refractivity contribution in [3.05, 3.63) is 54.1 Å². The minimum atomic E-state index is -0.375. The molecule has 0 aromatic heterocycles. The van der Waals surface area contributed by atoms with Gasteiger partial charge in [-0.15, -0.1) is 0 Å². The summed E-state index contributed by atoms with van der Waals surface area (Å²) in [6.45, 7) is 0.962. The van der Waals surface area contributed by atoms with Crippen LogP contribution < -0.4 is 20.7 Å². The highest BCUT2D eigenvalue weighted by Crippen LogP contribution is 2.17. The predicted molar refractivity (Wildman–Crippen MR) is 103 cm³/mol. The zero-order valence-electron chi connectivity index (χ0n) is 15.2. The first-order valence-corrected chi connectivity index (χ1v) is 8.84. The summed E-state index contributed by atoms with van der Waals surface area (Å²) in [6.07, 6.45) is 1.28. The van der Waals surface area contributed by atoms with Gasteiger partial charge in [0.25, 0.3) is 5.91 Å². The molecule has 1 heterocycles. The Morgan fingerprint density at radius 3 is 2.63 bits per heavy atom. The van der Waals surface area contributed by atoms with E-state index in [1.54, 1.807) is 31.4 Å². The van der Waals surface area contributed by atoms with E-state index in [0.29, 0.717) is 30.3 Å². The van der Waals surface area contributed by atoms with Crippen LogP contribution in [0.4, 0.5) is 16.2 Å². The molecule has 1 aliphatic heterocycles. The van der Waals surface area contributed by atoms with E-state index in [4.69, 9.17) is 9.47 Å². The summed E-state index contributed by atoms with van der Waals surface area (Å²) in [5, 5.41) is 8.41. The molecule has 1 atom stereocenters. The highest BCUT2D eigenvalue weighted by molar-refractivity contribution is 5.94. The lowest BCUT2D eigenvalue weighted by molar-refractivity contribution is -0.124. The van der Waals surface area contributed by atoms with Crippen LogP contribution in [0.3, 0.4) is 0 Å². The molecule has 0 spiro atoms. The molecule has 3 rings (SSSR count). The second kappa shape index (κ2) is 9.05. The minimum Gasteiger partial charge on any atom is -0.497 e. The largest absolute Gasteiger partial charge is 0.497 e. The summed E-state index contributed by atoms with van der Waals surface area (Å²) in [5.41, 5.74) is 2.20. The van der Waals surface area contributed by atoms with Gasteiger partial charge in [-0.25, -0.2) is 4.79 Å². The molecule has 0 saturated carbocycles. The van der Waals surface area contributed by atoms with E-state index in [-0.39, 0.29) is 18.0 Å². The molecule has 7 nitrogen and oxygen atoms in total. The Labute approximate surface area is 158 Å². The number of hydrogen-bond acceptors (Lipinski definition) is 4. The van der Waals surface area contributed by atoms with Gasteiger partial charge in [0, 0.05) is 30.6 Å². The SMILES string of the molecule is COc1cccc(NC(=O)NCc2cccc(NC(=O)C3CCCO3)c2)c1. The number of carbonyl (C=O) groups is 2. The standard InChI is InChI=1S/C20H23N3O4/c1-26-17-8-3-7-16(12-17)23-20(25)21-13-14-5-2-6-15(11-14)22-19(24)18-9-4-10-27-18/h2-3,5-8,11-12,18H,4,9-10,13H2,1H3,(H,22,24)(H2,21,23,25). The maximum absolute atomic E-state index is 12.1. The Kier molecular flexibility index (Phi) is 6.27. The van der Waals surface area contributed by atoms with Crippen LogP contribution in [-0.4, -0.2) is 31.8 Å². The van der Waals surface area contributed by atoms with Crippen molar-refractivity contribution < 1.29 is 19.1 Å². The van der Waals surface area contributed by atoms with Crippen molar-refractivity contribution in [2.75, 3.05) is 24.4 Å². The number of methoxy groups -OCH3 is 1. The van der Waals surface area contributed by atoms with Crippen LogP contribution in [0.15, 0.2) is 48.5 Å². The van der Waals surface area contributed by atoms with Crippen LogP contribution in [0.2, 0.25) is 0 Å². The van der Waals surface area contributed by atoms with Gasteiger partial charge >= 0.3 is 6.03 Å². The number of carbonyl (C=O) groups excluding carboxylic acids is 2. The third-order valence-corrected chi connectivity index (χ3v) is 4.20. The van der Waals surface area contributed by atoms with Crippen molar-refractivity contribution in [1.82, 2.24) is 5.32 Å². The molecule has 1 unspecified atom stereocenters. The van der Waals surface area contributed by atoms with Crippen LogP contribution in [0, 0.1) is 0 Å². The lowest BCUT2D eigenvalue weighted by Crippen LogP contribution is -2.28. The number of ether oxygens (including phenoxy) is 2. The van der Waals surface area contributed by atoms with Crippen molar-refractivity contribution in [2.24, 2.45) is 0 Å². The highest BCUT2D eigenvalue weighted by Gasteiger charge is 2.23. The number of hydrogen-bond donors (Lipinski definition) is 3. The second-order valence-corrected chi connectivity index (χ2v) is 6.23. The average Bonchev–Trinajstić information content (AvgIpc) is 3.22. The molecule has 2 aromatic carbocycles. The number of nitrogens with one attached hydrogen (secondary N) is 3. The molecule has 0 bridgehead atoms. The highest BCUT2D eigenvalue weighted by atomic mass is 16.5. The first-order chi connectivity index (χ1) is 13.1. The van der Waals surface area contributed by atoms with Crippen molar-refractivity contribution in [3.8, 4) is 5.75 Å². The molecule has 0 aliphatic carbocycles. The van der Waals surface area contributed by atoms with E-state index in [0.717, 1.165) is 18.4 Å². The van der Waals surface area contributed by atoms with Gasteiger partial charge in [-0.2, -0.15) is 0 Å². The van der Waals surface area contributed by atoms with E-state index < -0.39 is 0 Å². The molecule has 3 amide bonds. The lowest BCUT2D eigenvalue weighted by atomic mass is 10.2.